The van der Waals surface area contributed by atoms with E-state index < -0.39 is 11.7 Å². The molecule has 1 unspecified atom stereocenters. The Morgan fingerprint density at radius 1 is 1.21 bits per heavy atom. The largest absolute Gasteiger partial charge is 0.466 e. The van der Waals surface area contributed by atoms with Crippen molar-refractivity contribution in [1.82, 2.24) is 0 Å². The lowest BCUT2D eigenvalue weighted by molar-refractivity contribution is -0.143. The molecule has 5 heteroatoms. The molecule has 0 saturated heterocycles. The molecular formula is C23H35NO4. The summed E-state index contributed by atoms with van der Waals surface area (Å²) in [6, 6.07) is 7.46. The number of carbonyl (C=O) groups excluding carboxylic acids is 2. The number of hydrogen-bond donors (Lipinski definition) is 1. The van der Waals surface area contributed by atoms with Crippen LogP contribution in [0, 0.1) is 11.8 Å². The van der Waals surface area contributed by atoms with E-state index in [1.165, 1.54) is 0 Å². The van der Waals surface area contributed by atoms with Crippen molar-refractivity contribution in [2.75, 3.05) is 11.9 Å². The Morgan fingerprint density at radius 2 is 1.89 bits per heavy atom. The first kappa shape index (κ1) is 23.7. The summed E-state index contributed by atoms with van der Waals surface area (Å²) < 4.78 is 10.4. The van der Waals surface area contributed by atoms with Crippen LogP contribution in [0.15, 0.2) is 30.8 Å². The second-order valence-electron chi connectivity index (χ2n) is 8.19. The SMILES string of the molecule is C=C(c1cccc(NC(=O)OC(C)(C)C)c1)[C@H](CC(=O)OCC)CC(C)CC. The smallest absolute Gasteiger partial charge is 0.412 e. The minimum atomic E-state index is -0.563. The lowest BCUT2D eigenvalue weighted by atomic mass is 9.83. The van der Waals surface area contributed by atoms with Crippen molar-refractivity contribution >= 4 is 23.3 Å². The van der Waals surface area contributed by atoms with Gasteiger partial charge in [-0.3, -0.25) is 10.1 Å². The van der Waals surface area contributed by atoms with Crippen LogP contribution in [-0.2, 0) is 14.3 Å². The maximum absolute atomic E-state index is 12.1. The van der Waals surface area contributed by atoms with Crippen LogP contribution in [-0.4, -0.2) is 24.3 Å². The van der Waals surface area contributed by atoms with E-state index in [-0.39, 0.29) is 11.9 Å². The molecule has 0 aliphatic rings. The lowest BCUT2D eigenvalue weighted by Gasteiger charge is -2.23. The van der Waals surface area contributed by atoms with E-state index >= 15 is 0 Å². The van der Waals surface area contributed by atoms with Gasteiger partial charge in [-0.2, -0.15) is 0 Å². The number of carbonyl (C=O) groups is 2. The van der Waals surface area contributed by atoms with Crippen LogP contribution in [0.1, 0.15) is 66.4 Å². The van der Waals surface area contributed by atoms with E-state index in [1.807, 2.05) is 45.9 Å². The van der Waals surface area contributed by atoms with E-state index in [0.717, 1.165) is 24.0 Å². The molecule has 0 aliphatic heterocycles. The zero-order chi connectivity index (χ0) is 21.3. The van der Waals surface area contributed by atoms with Crippen LogP contribution >= 0.6 is 0 Å². The topological polar surface area (TPSA) is 64.6 Å². The van der Waals surface area contributed by atoms with Crippen molar-refractivity contribution in [3.05, 3.63) is 36.4 Å². The molecule has 28 heavy (non-hydrogen) atoms. The third-order valence-electron chi connectivity index (χ3n) is 4.47. The highest BCUT2D eigenvalue weighted by Crippen LogP contribution is 2.32. The Labute approximate surface area is 169 Å². The van der Waals surface area contributed by atoms with Crippen molar-refractivity contribution in [2.45, 2.75) is 66.4 Å². The molecule has 0 fully saturated rings. The van der Waals surface area contributed by atoms with Gasteiger partial charge in [-0.05, 0) is 69.2 Å². The molecule has 0 bridgehead atoms. The van der Waals surface area contributed by atoms with Crippen molar-refractivity contribution in [1.29, 1.82) is 0 Å². The predicted molar refractivity (Wildman–Crippen MR) is 114 cm³/mol. The molecule has 156 valence electrons. The maximum atomic E-state index is 12.1. The quantitative estimate of drug-likeness (QED) is 0.522. The molecule has 0 radical (unpaired) electrons. The summed E-state index contributed by atoms with van der Waals surface area (Å²) in [5.41, 5.74) is 1.84. The summed E-state index contributed by atoms with van der Waals surface area (Å²) in [5, 5.41) is 2.75. The van der Waals surface area contributed by atoms with Crippen molar-refractivity contribution in [3.8, 4) is 0 Å². The molecule has 2 atom stereocenters. The van der Waals surface area contributed by atoms with Crippen molar-refractivity contribution < 1.29 is 19.1 Å². The molecule has 0 heterocycles. The Kier molecular flexibility index (Phi) is 9.23. The van der Waals surface area contributed by atoms with Gasteiger partial charge in [0.1, 0.15) is 5.60 Å². The van der Waals surface area contributed by atoms with E-state index in [1.54, 1.807) is 6.07 Å². The zero-order valence-corrected chi connectivity index (χ0v) is 18.1. The summed E-state index contributed by atoms with van der Waals surface area (Å²) >= 11 is 0. The van der Waals surface area contributed by atoms with Gasteiger partial charge >= 0.3 is 12.1 Å². The first-order valence-corrected chi connectivity index (χ1v) is 10.0. The number of hydrogen-bond acceptors (Lipinski definition) is 4. The van der Waals surface area contributed by atoms with Gasteiger partial charge in [0.2, 0.25) is 0 Å². The average molecular weight is 390 g/mol. The number of allylic oxidation sites excluding steroid dienone is 1. The van der Waals surface area contributed by atoms with Crippen LogP contribution in [0.5, 0.6) is 0 Å². The molecular weight excluding hydrogens is 354 g/mol. The molecule has 1 N–H and O–H groups in total. The highest BCUT2D eigenvalue weighted by Gasteiger charge is 2.22. The highest BCUT2D eigenvalue weighted by molar-refractivity contribution is 5.86. The number of amides is 1. The molecule has 0 saturated carbocycles. The first-order chi connectivity index (χ1) is 13.1. The normalized spacial score (nSPS) is 13.4. The zero-order valence-electron chi connectivity index (χ0n) is 18.1. The van der Waals surface area contributed by atoms with Gasteiger partial charge < -0.3 is 9.47 Å². The number of rotatable bonds is 9. The Morgan fingerprint density at radius 3 is 2.46 bits per heavy atom. The van der Waals surface area contributed by atoms with Gasteiger partial charge in [0.25, 0.3) is 0 Å². The molecule has 1 aromatic rings. The number of benzene rings is 1. The number of ether oxygens (including phenoxy) is 2. The van der Waals surface area contributed by atoms with Crippen LogP contribution in [0.2, 0.25) is 0 Å². The fraction of sp³-hybridized carbons (Fsp3) is 0.565. The summed E-state index contributed by atoms with van der Waals surface area (Å²) in [6.45, 7) is 16.2. The molecule has 5 nitrogen and oxygen atoms in total. The Balaban J connectivity index is 2.95. The first-order valence-electron chi connectivity index (χ1n) is 10.0. The number of nitrogens with one attached hydrogen (secondary N) is 1. The van der Waals surface area contributed by atoms with Crippen LogP contribution < -0.4 is 5.32 Å². The van der Waals surface area contributed by atoms with Gasteiger partial charge in [-0.1, -0.05) is 39.0 Å². The van der Waals surface area contributed by atoms with E-state index in [2.05, 4.69) is 25.7 Å². The Bertz CT molecular complexity index is 675. The summed E-state index contributed by atoms with van der Waals surface area (Å²) in [5.74, 6) is 0.255. The minimum Gasteiger partial charge on any atom is -0.466 e. The summed E-state index contributed by atoms with van der Waals surface area (Å²) in [7, 11) is 0. The molecule has 1 amide bonds. The minimum absolute atomic E-state index is 0.00854. The molecule has 0 aliphatic carbocycles. The highest BCUT2D eigenvalue weighted by atomic mass is 16.6. The third-order valence-corrected chi connectivity index (χ3v) is 4.47. The number of anilines is 1. The summed E-state index contributed by atoms with van der Waals surface area (Å²) in [6.07, 6.45) is 1.70. The third kappa shape index (κ3) is 8.59. The molecule has 0 spiro atoms. The fourth-order valence-corrected chi connectivity index (χ4v) is 2.88. The van der Waals surface area contributed by atoms with E-state index in [9.17, 15) is 9.59 Å². The Hall–Kier alpha value is -2.30. The van der Waals surface area contributed by atoms with Gasteiger partial charge in [0, 0.05) is 5.69 Å². The van der Waals surface area contributed by atoms with E-state index in [4.69, 9.17) is 9.47 Å². The molecule has 0 aromatic heterocycles. The van der Waals surface area contributed by atoms with Gasteiger partial charge in [0.05, 0.1) is 13.0 Å². The fourth-order valence-electron chi connectivity index (χ4n) is 2.88. The molecule has 1 aromatic carbocycles. The maximum Gasteiger partial charge on any atom is 0.412 e. The van der Waals surface area contributed by atoms with Crippen molar-refractivity contribution in [3.63, 3.8) is 0 Å². The van der Waals surface area contributed by atoms with Gasteiger partial charge in [0.15, 0.2) is 0 Å². The van der Waals surface area contributed by atoms with Crippen LogP contribution in [0.3, 0.4) is 0 Å². The standard InChI is InChI=1S/C23H35NO4/c1-8-16(3)13-19(15-21(25)27-9-2)17(4)18-11-10-12-20(14-18)24-22(26)28-23(5,6)7/h10-12,14,16,19H,4,8-9,13,15H2,1-3,5-7H3,(H,24,26)/t16?,19-/m0/s1. The second kappa shape index (κ2) is 10.9. The van der Waals surface area contributed by atoms with E-state index in [0.29, 0.717) is 24.6 Å². The van der Waals surface area contributed by atoms with Crippen LogP contribution in [0.4, 0.5) is 10.5 Å². The van der Waals surface area contributed by atoms with Gasteiger partial charge in [-0.25, -0.2) is 4.79 Å². The average Bonchev–Trinajstić information content (AvgIpc) is 2.59. The predicted octanol–water partition coefficient (Wildman–Crippen LogP) is 6.05. The number of esters is 1. The lowest BCUT2D eigenvalue weighted by Crippen LogP contribution is -2.27. The van der Waals surface area contributed by atoms with Crippen LogP contribution in [0.25, 0.3) is 5.57 Å². The van der Waals surface area contributed by atoms with Crippen molar-refractivity contribution in [2.24, 2.45) is 11.8 Å². The molecule has 1 rings (SSSR count). The summed E-state index contributed by atoms with van der Waals surface area (Å²) in [4.78, 5) is 24.1. The monoisotopic (exact) mass is 389 g/mol. The van der Waals surface area contributed by atoms with Gasteiger partial charge in [-0.15, -0.1) is 0 Å². The second-order valence-corrected chi connectivity index (χ2v) is 8.19.